The van der Waals surface area contributed by atoms with Gasteiger partial charge in [0, 0.05) is 18.1 Å². The number of amides is 1. The molecule has 1 amide bonds. The lowest BCUT2D eigenvalue weighted by molar-refractivity contribution is -0.152. The van der Waals surface area contributed by atoms with E-state index in [4.69, 9.17) is 4.74 Å². The van der Waals surface area contributed by atoms with Crippen molar-refractivity contribution in [3.05, 3.63) is 0 Å². The Balaban J connectivity index is 2.78. The first-order valence-electron chi connectivity index (χ1n) is 8.03. The molecule has 0 saturated carbocycles. The molecule has 0 aliphatic carbocycles. The molecule has 0 bridgehead atoms. The molecule has 1 aliphatic heterocycles. The second-order valence-electron chi connectivity index (χ2n) is 6.26. The van der Waals surface area contributed by atoms with Gasteiger partial charge < -0.3 is 9.64 Å². The molecule has 1 saturated heterocycles. The third-order valence-corrected chi connectivity index (χ3v) is 4.34. The number of nitrogens with zero attached hydrogens (tertiary/aromatic N) is 2. The molecule has 3 atom stereocenters. The monoisotopic (exact) mass is 298 g/mol. The molecular weight excluding hydrogens is 268 g/mol. The number of rotatable bonds is 6. The number of carbonyl (C=O) groups is 2. The van der Waals surface area contributed by atoms with Crippen molar-refractivity contribution in [2.24, 2.45) is 0 Å². The van der Waals surface area contributed by atoms with E-state index in [1.54, 1.807) is 11.8 Å². The van der Waals surface area contributed by atoms with Crippen molar-refractivity contribution in [1.82, 2.24) is 9.80 Å². The molecule has 1 rings (SSSR count). The van der Waals surface area contributed by atoms with Crippen LogP contribution in [-0.4, -0.2) is 59.0 Å². The van der Waals surface area contributed by atoms with Crippen LogP contribution >= 0.6 is 0 Å². The fourth-order valence-electron chi connectivity index (χ4n) is 3.21. The fourth-order valence-corrected chi connectivity index (χ4v) is 3.21. The van der Waals surface area contributed by atoms with Crippen LogP contribution in [0.25, 0.3) is 0 Å². The van der Waals surface area contributed by atoms with E-state index < -0.39 is 0 Å². The summed E-state index contributed by atoms with van der Waals surface area (Å²) < 4.78 is 4.97. The molecular formula is C16H30N2O3. The first-order chi connectivity index (χ1) is 9.79. The fraction of sp³-hybridized carbons (Fsp3) is 0.875. The standard InChI is InChI=1S/C16H30N2O3/c1-7-21-15(19)10-17(11(2)3)16(20)14(6)18-12(4)8-9-13(18)5/h11-14H,7-10H2,1-6H3. The SMILES string of the molecule is CCOC(=O)CN(C(=O)C(C)N1C(C)CCC1C)C(C)C. The van der Waals surface area contributed by atoms with Crippen molar-refractivity contribution in [3.63, 3.8) is 0 Å². The van der Waals surface area contributed by atoms with Crippen LogP contribution in [0.1, 0.15) is 54.4 Å². The minimum atomic E-state index is -0.339. The maximum absolute atomic E-state index is 12.8. The quantitative estimate of drug-likeness (QED) is 0.704. The van der Waals surface area contributed by atoms with Gasteiger partial charge in [0.25, 0.3) is 0 Å². The Hall–Kier alpha value is -1.10. The van der Waals surface area contributed by atoms with E-state index in [-0.39, 0.29) is 30.5 Å². The van der Waals surface area contributed by atoms with Crippen molar-refractivity contribution >= 4 is 11.9 Å². The lowest BCUT2D eigenvalue weighted by Gasteiger charge is -2.36. The van der Waals surface area contributed by atoms with E-state index in [0.29, 0.717) is 18.7 Å². The third-order valence-electron chi connectivity index (χ3n) is 4.34. The number of ether oxygens (including phenoxy) is 1. The zero-order valence-electron chi connectivity index (χ0n) is 14.3. The number of hydrogen-bond donors (Lipinski definition) is 0. The first-order valence-corrected chi connectivity index (χ1v) is 8.03. The van der Waals surface area contributed by atoms with Gasteiger partial charge in [-0.1, -0.05) is 0 Å². The molecule has 0 aromatic heterocycles. The lowest BCUT2D eigenvalue weighted by Crippen LogP contribution is -2.53. The predicted molar refractivity (Wildman–Crippen MR) is 82.9 cm³/mol. The molecule has 0 radical (unpaired) electrons. The van der Waals surface area contributed by atoms with Gasteiger partial charge in [0.05, 0.1) is 12.6 Å². The Morgan fingerprint density at radius 1 is 1.19 bits per heavy atom. The van der Waals surface area contributed by atoms with Crippen LogP contribution in [0.4, 0.5) is 0 Å². The molecule has 3 unspecified atom stereocenters. The van der Waals surface area contributed by atoms with Crippen molar-refractivity contribution in [2.75, 3.05) is 13.2 Å². The Bertz CT molecular complexity index is 361. The van der Waals surface area contributed by atoms with Crippen LogP contribution in [0.3, 0.4) is 0 Å². The average molecular weight is 298 g/mol. The van der Waals surface area contributed by atoms with Crippen LogP contribution in [-0.2, 0) is 14.3 Å². The summed E-state index contributed by atoms with van der Waals surface area (Å²) in [6, 6.07) is 0.609. The van der Waals surface area contributed by atoms with E-state index in [1.807, 2.05) is 20.8 Å². The molecule has 0 N–H and O–H groups in total. The van der Waals surface area contributed by atoms with Crippen molar-refractivity contribution in [2.45, 2.75) is 78.6 Å². The van der Waals surface area contributed by atoms with Gasteiger partial charge in [-0.05, 0) is 54.4 Å². The Labute approximate surface area is 128 Å². The van der Waals surface area contributed by atoms with E-state index in [1.165, 1.54) is 0 Å². The maximum Gasteiger partial charge on any atom is 0.325 e. The summed E-state index contributed by atoms with van der Waals surface area (Å²) in [5.74, 6) is -0.326. The molecule has 0 spiro atoms. The highest BCUT2D eigenvalue weighted by Crippen LogP contribution is 2.26. The minimum Gasteiger partial charge on any atom is -0.465 e. The summed E-state index contributed by atoms with van der Waals surface area (Å²) in [5.41, 5.74) is 0. The van der Waals surface area contributed by atoms with Crippen LogP contribution in [0.5, 0.6) is 0 Å². The molecule has 0 aromatic rings. The molecule has 1 fully saturated rings. The molecule has 1 aliphatic rings. The van der Waals surface area contributed by atoms with Crippen LogP contribution in [0.15, 0.2) is 0 Å². The predicted octanol–water partition coefficient (Wildman–Crippen LogP) is 2.05. The van der Waals surface area contributed by atoms with Crippen molar-refractivity contribution in [3.8, 4) is 0 Å². The van der Waals surface area contributed by atoms with Crippen LogP contribution < -0.4 is 0 Å². The van der Waals surface area contributed by atoms with Crippen molar-refractivity contribution in [1.29, 1.82) is 0 Å². The summed E-state index contributed by atoms with van der Waals surface area (Å²) in [6.45, 7) is 12.3. The summed E-state index contributed by atoms with van der Waals surface area (Å²) >= 11 is 0. The van der Waals surface area contributed by atoms with Gasteiger partial charge in [-0.15, -0.1) is 0 Å². The first kappa shape index (κ1) is 18.0. The largest absolute Gasteiger partial charge is 0.465 e. The third kappa shape index (κ3) is 4.43. The van der Waals surface area contributed by atoms with Gasteiger partial charge in [-0.3, -0.25) is 14.5 Å². The van der Waals surface area contributed by atoms with E-state index in [2.05, 4.69) is 18.7 Å². The zero-order chi connectivity index (χ0) is 16.2. The number of likely N-dealkylation sites (tertiary alicyclic amines) is 1. The smallest absolute Gasteiger partial charge is 0.325 e. The highest BCUT2D eigenvalue weighted by Gasteiger charge is 2.37. The van der Waals surface area contributed by atoms with Gasteiger partial charge in [0.15, 0.2) is 0 Å². The zero-order valence-corrected chi connectivity index (χ0v) is 14.3. The van der Waals surface area contributed by atoms with E-state index >= 15 is 0 Å². The van der Waals surface area contributed by atoms with Gasteiger partial charge >= 0.3 is 5.97 Å². The second-order valence-corrected chi connectivity index (χ2v) is 6.26. The summed E-state index contributed by atoms with van der Waals surface area (Å²) in [7, 11) is 0. The van der Waals surface area contributed by atoms with Gasteiger partial charge in [0.1, 0.15) is 6.54 Å². The van der Waals surface area contributed by atoms with Crippen LogP contribution in [0, 0.1) is 0 Å². The molecule has 0 aromatic carbocycles. The Morgan fingerprint density at radius 2 is 1.71 bits per heavy atom. The maximum atomic E-state index is 12.8. The highest BCUT2D eigenvalue weighted by atomic mass is 16.5. The van der Waals surface area contributed by atoms with Gasteiger partial charge in [-0.25, -0.2) is 0 Å². The topological polar surface area (TPSA) is 49.9 Å². The van der Waals surface area contributed by atoms with Crippen molar-refractivity contribution < 1.29 is 14.3 Å². The van der Waals surface area contributed by atoms with E-state index in [0.717, 1.165) is 12.8 Å². The summed E-state index contributed by atoms with van der Waals surface area (Å²) in [4.78, 5) is 28.4. The van der Waals surface area contributed by atoms with E-state index in [9.17, 15) is 9.59 Å². The number of esters is 1. The normalized spacial score (nSPS) is 24.1. The average Bonchev–Trinajstić information content (AvgIpc) is 2.74. The summed E-state index contributed by atoms with van der Waals surface area (Å²) in [5, 5.41) is 0. The van der Waals surface area contributed by atoms with Gasteiger partial charge in [0.2, 0.25) is 5.91 Å². The highest BCUT2D eigenvalue weighted by molar-refractivity contribution is 5.85. The minimum absolute atomic E-state index is 0.0126. The molecule has 5 nitrogen and oxygen atoms in total. The molecule has 21 heavy (non-hydrogen) atoms. The lowest BCUT2D eigenvalue weighted by atomic mass is 10.1. The number of hydrogen-bond acceptors (Lipinski definition) is 4. The van der Waals surface area contributed by atoms with Crippen LogP contribution in [0.2, 0.25) is 0 Å². The Morgan fingerprint density at radius 3 is 2.14 bits per heavy atom. The second kappa shape index (κ2) is 7.78. The number of carbonyl (C=O) groups excluding carboxylic acids is 2. The molecule has 1 heterocycles. The Kier molecular flexibility index (Phi) is 6.65. The summed E-state index contributed by atoms with van der Waals surface area (Å²) in [6.07, 6.45) is 2.25. The molecule has 122 valence electrons. The van der Waals surface area contributed by atoms with Gasteiger partial charge in [-0.2, -0.15) is 0 Å². The molecule has 5 heteroatoms.